The highest BCUT2D eigenvalue weighted by atomic mass is 16.2. The van der Waals surface area contributed by atoms with Gasteiger partial charge in [0.1, 0.15) is 5.69 Å². The monoisotopic (exact) mass is 240 g/mol. The van der Waals surface area contributed by atoms with E-state index in [-0.39, 0.29) is 24.6 Å². The quantitative estimate of drug-likeness (QED) is 0.680. The molecular weight excluding hydrogens is 224 g/mol. The van der Waals surface area contributed by atoms with Gasteiger partial charge in [-0.25, -0.2) is 4.79 Å². The predicted octanol–water partition coefficient (Wildman–Crippen LogP) is -1.34. The number of aryl methyl sites for hydroxylation is 1. The Morgan fingerprint density at radius 3 is 2.71 bits per heavy atom. The summed E-state index contributed by atoms with van der Waals surface area (Å²) in [6.07, 6.45) is 1.97. The lowest BCUT2D eigenvalue weighted by molar-refractivity contribution is -0.120. The molecule has 0 aromatic carbocycles. The molecule has 0 saturated carbocycles. The Hall–Kier alpha value is -2.05. The molecule has 0 aliphatic carbocycles. The van der Waals surface area contributed by atoms with E-state index in [2.05, 4.69) is 5.32 Å². The molecule has 17 heavy (non-hydrogen) atoms. The summed E-state index contributed by atoms with van der Waals surface area (Å²) in [5.74, 6) is -0.126. The highest BCUT2D eigenvalue weighted by Gasteiger charge is 2.07. The Balaban J connectivity index is 2.88. The number of nitrogens with two attached hydrogens (primary N) is 1. The fraction of sp³-hybridized carbons (Fsp3) is 0.500. The first kappa shape index (κ1) is 13.0. The Morgan fingerprint density at radius 1 is 1.47 bits per heavy atom. The molecule has 94 valence electrons. The number of nitrogens with one attached hydrogen (secondary N) is 1. The fourth-order valence-corrected chi connectivity index (χ4v) is 1.47. The highest BCUT2D eigenvalue weighted by molar-refractivity contribution is 5.75. The van der Waals surface area contributed by atoms with Crippen LogP contribution in [0.3, 0.4) is 0 Å². The molecule has 0 bridgehead atoms. The number of carbonyl (C=O) groups excluding carboxylic acids is 1. The van der Waals surface area contributed by atoms with Crippen molar-refractivity contribution in [1.82, 2.24) is 14.5 Å². The van der Waals surface area contributed by atoms with Gasteiger partial charge in [-0.2, -0.15) is 0 Å². The van der Waals surface area contributed by atoms with Crippen molar-refractivity contribution in [2.45, 2.75) is 19.4 Å². The van der Waals surface area contributed by atoms with Crippen molar-refractivity contribution in [2.75, 3.05) is 12.8 Å². The van der Waals surface area contributed by atoms with E-state index in [1.807, 2.05) is 0 Å². The molecule has 1 rings (SSSR count). The largest absolute Gasteiger partial charge is 0.393 e. The molecule has 0 atom stereocenters. The van der Waals surface area contributed by atoms with Crippen molar-refractivity contribution in [3.05, 3.63) is 27.0 Å². The average molecular weight is 240 g/mol. The van der Waals surface area contributed by atoms with Gasteiger partial charge in [0.05, 0.1) is 0 Å². The second-order valence-electron chi connectivity index (χ2n) is 3.71. The second kappa shape index (κ2) is 5.33. The number of carbonyl (C=O) groups is 1. The minimum Gasteiger partial charge on any atom is -0.393 e. The van der Waals surface area contributed by atoms with Gasteiger partial charge in [0, 0.05) is 33.3 Å². The minimum absolute atomic E-state index is 0.0204. The van der Waals surface area contributed by atoms with E-state index in [0.29, 0.717) is 6.42 Å². The number of aromatic nitrogens is 2. The number of hydrogen-bond donors (Lipinski definition) is 2. The smallest absolute Gasteiger partial charge is 0.330 e. The summed E-state index contributed by atoms with van der Waals surface area (Å²) < 4.78 is 2.29. The van der Waals surface area contributed by atoms with Crippen LogP contribution in [0.2, 0.25) is 0 Å². The summed E-state index contributed by atoms with van der Waals surface area (Å²) in [6.45, 7) is 0.184. The third-order valence-corrected chi connectivity index (χ3v) is 2.42. The lowest BCUT2D eigenvalue weighted by atomic mass is 10.3. The number of hydrogen-bond acceptors (Lipinski definition) is 4. The lowest BCUT2D eigenvalue weighted by Gasteiger charge is -2.07. The van der Waals surface area contributed by atoms with Gasteiger partial charge >= 0.3 is 5.69 Å². The predicted molar refractivity (Wildman–Crippen MR) is 63.7 cm³/mol. The van der Waals surface area contributed by atoms with E-state index in [1.165, 1.54) is 24.9 Å². The van der Waals surface area contributed by atoms with Crippen molar-refractivity contribution in [2.24, 2.45) is 7.05 Å². The third-order valence-electron chi connectivity index (χ3n) is 2.42. The summed E-state index contributed by atoms with van der Waals surface area (Å²) >= 11 is 0. The molecule has 1 aromatic heterocycles. The molecular formula is C10H16N4O3. The zero-order valence-corrected chi connectivity index (χ0v) is 9.90. The maximum Gasteiger partial charge on any atom is 0.330 e. The normalized spacial score (nSPS) is 10.2. The van der Waals surface area contributed by atoms with Crippen molar-refractivity contribution in [3.8, 4) is 0 Å². The number of amides is 1. The number of anilines is 1. The number of nitrogen functional groups attached to an aromatic ring is 1. The Morgan fingerprint density at radius 2 is 2.12 bits per heavy atom. The SMILES string of the molecule is CNC(=O)CCCn1c(=O)c(N)cn(C)c1=O. The van der Waals surface area contributed by atoms with Gasteiger partial charge in [-0.05, 0) is 6.42 Å². The van der Waals surface area contributed by atoms with Crippen LogP contribution in [0.4, 0.5) is 5.69 Å². The summed E-state index contributed by atoms with van der Waals surface area (Å²) in [4.78, 5) is 34.3. The van der Waals surface area contributed by atoms with E-state index >= 15 is 0 Å². The third kappa shape index (κ3) is 2.96. The van der Waals surface area contributed by atoms with E-state index in [4.69, 9.17) is 5.73 Å². The molecule has 0 unspecified atom stereocenters. The first-order valence-electron chi connectivity index (χ1n) is 5.24. The molecule has 0 spiro atoms. The van der Waals surface area contributed by atoms with Crippen molar-refractivity contribution < 1.29 is 4.79 Å². The van der Waals surface area contributed by atoms with Crippen LogP contribution in [-0.4, -0.2) is 22.1 Å². The Bertz CT molecular complexity index is 495. The number of nitrogens with zero attached hydrogens (tertiary/aromatic N) is 2. The van der Waals surface area contributed by atoms with Crippen LogP contribution in [0.25, 0.3) is 0 Å². The molecule has 1 amide bonds. The Kier molecular flexibility index (Phi) is 4.08. The van der Waals surface area contributed by atoms with Crippen molar-refractivity contribution >= 4 is 11.6 Å². The Labute approximate surface area is 97.9 Å². The molecule has 1 heterocycles. The topological polar surface area (TPSA) is 99.1 Å². The second-order valence-corrected chi connectivity index (χ2v) is 3.71. The van der Waals surface area contributed by atoms with Gasteiger partial charge < -0.3 is 15.6 Å². The van der Waals surface area contributed by atoms with Gasteiger partial charge in [-0.3, -0.25) is 14.2 Å². The molecule has 3 N–H and O–H groups in total. The maximum atomic E-state index is 11.7. The molecule has 0 aliphatic heterocycles. The van der Waals surface area contributed by atoms with E-state index in [1.54, 1.807) is 0 Å². The van der Waals surface area contributed by atoms with Crippen LogP contribution < -0.4 is 22.3 Å². The molecule has 0 saturated heterocycles. The van der Waals surface area contributed by atoms with Gasteiger partial charge in [-0.15, -0.1) is 0 Å². The van der Waals surface area contributed by atoms with Crippen LogP contribution in [0.5, 0.6) is 0 Å². The molecule has 0 aliphatic rings. The summed E-state index contributed by atoms with van der Waals surface area (Å²) in [7, 11) is 3.06. The maximum absolute atomic E-state index is 11.7. The summed E-state index contributed by atoms with van der Waals surface area (Å²) in [5, 5.41) is 2.47. The molecule has 0 radical (unpaired) electrons. The van der Waals surface area contributed by atoms with E-state index in [0.717, 1.165) is 4.57 Å². The zero-order chi connectivity index (χ0) is 13.0. The van der Waals surface area contributed by atoms with Gasteiger partial charge in [0.15, 0.2) is 0 Å². The molecule has 7 nitrogen and oxygen atoms in total. The summed E-state index contributed by atoms with van der Waals surface area (Å²) in [5.41, 5.74) is 4.56. The standard InChI is InChI=1S/C10H16N4O3/c1-12-8(15)4-3-5-14-9(16)7(11)6-13(2)10(14)17/h6H,3-5,11H2,1-2H3,(H,12,15). The highest BCUT2D eigenvalue weighted by Crippen LogP contribution is 1.93. The van der Waals surface area contributed by atoms with Gasteiger partial charge in [0.2, 0.25) is 5.91 Å². The van der Waals surface area contributed by atoms with Crippen LogP contribution >= 0.6 is 0 Å². The van der Waals surface area contributed by atoms with Crippen LogP contribution in [0, 0.1) is 0 Å². The van der Waals surface area contributed by atoms with Crippen molar-refractivity contribution in [1.29, 1.82) is 0 Å². The van der Waals surface area contributed by atoms with Gasteiger partial charge in [0.25, 0.3) is 5.56 Å². The van der Waals surface area contributed by atoms with E-state index in [9.17, 15) is 14.4 Å². The summed E-state index contributed by atoms with van der Waals surface area (Å²) in [6, 6.07) is 0. The van der Waals surface area contributed by atoms with Crippen LogP contribution in [-0.2, 0) is 18.4 Å². The van der Waals surface area contributed by atoms with Crippen LogP contribution in [0.15, 0.2) is 15.8 Å². The van der Waals surface area contributed by atoms with Gasteiger partial charge in [-0.1, -0.05) is 0 Å². The van der Waals surface area contributed by atoms with E-state index < -0.39 is 11.2 Å². The minimum atomic E-state index is -0.509. The average Bonchev–Trinajstić information content (AvgIpc) is 2.30. The number of rotatable bonds is 4. The first-order chi connectivity index (χ1) is 7.97. The molecule has 1 aromatic rings. The zero-order valence-electron chi connectivity index (χ0n) is 9.90. The lowest BCUT2D eigenvalue weighted by Crippen LogP contribution is -2.39. The van der Waals surface area contributed by atoms with Crippen LogP contribution in [0.1, 0.15) is 12.8 Å². The fourth-order valence-electron chi connectivity index (χ4n) is 1.47. The molecule has 0 fully saturated rings. The molecule has 7 heteroatoms. The van der Waals surface area contributed by atoms with Crippen molar-refractivity contribution in [3.63, 3.8) is 0 Å². The first-order valence-corrected chi connectivity index (χ1v) is 5.24.